The van der Waals surface area contributed by atoms with Gasteiger partial charge in [-0.2, -0.15) is 0 Å². The molecule has 0 nitrogen and oxygen atoms in total. The zero-order valence-corrected chi connectivity index (χ0v) is 5.90. The van der Waals surface area contributed by atoms with Gasteiger partial charge in [-0.15, -0.1) is 0 Å². The Bertz CT molecular complexity index is 226. The number of halogens is 2. The molecule has 0 aliphatic heterocycles. The van der Waals surface area contributed by atoms with Crippen LogP contribution >= 0.6 is 11.6 Å². The Morgan fingerprint density at radius 3 is 2.40 bits per heavy atom. The summed E-state index contributed by atoms with van der Waals surface area (Å²) in [6.45, 7) is 0. The average Bonchev–Trinajstić information content (AvgIpc) is 1.95. The molecule has 0 N–H and O–H groups in total. The Hall–Kier alpha value is -0.820. The summed E-state index contributed by atoms with van der Waals surface area (Å²) in [6, 6.07) is 6.83. The standard InChI is InChI=1S/C8H5ClF/c9-8-3-1-7(2-4-8)5-6-10/h1-5H. The fraction of sp³-hybridized carbons (Fsp3) is 0. The van der Waals surface area contributed by atoms with Crippen molar-refractivity contribution >= 4 is 17.7 Å². The molecule has 0 saturated carbocycles. The smallest absolute Gasteiger partial charge is 0.159 e. The zero-order chi connectivity index (χ0) is 7.40. The molecular weight excluding hydrogens is 151 g/mol. The van der Waals surface area contributed by atoms with Gasteiger partial charge in [0.25, 0.3) is 0 Å². The number of rotatable bonds is 1. The van der Waals surface area contributed by atoms with E-state index in [2.05, 4.69) is 0 Å². The lowest BCUT2D eigenvalue weighted by molar-refractivity contribution is 0.691. The molecule has 0 fully saturated rings. The van der Waals surface area contributed by atoms with Crippen molar-refractivity contribution in [3.8, 4) is 0 Å². The van der Waals surface area contributed by atoms with Crippen LogP contribution in [0.4, 0.5) is 4.39 Å². The lowest BCUT2D eigenvalue weighted by Crippen LogP contribution is -1.68. The van der Waals surface area contributed by atoms with Crippen LogP contribution in [0.15, 0.2) is 24.3 Å². The van der Waals surface area contributed by atoms with Crippen LogP contribution in [0.25, 0.3) is 6.08 Å². The zero-order valence-electron chi connectivity index (χ0n) is 5.14. The van der Waals surface area contributed by atoms with Gasteiger partial charge in [-0.3, -0.25) is 0 Å². The molecule has 1 aromatic carbocycles. The molecule has 1 aromatic rings. The van der Waals surface area contributed by atoms with E-state index in [0.29, 0.717) is 5.02 Å². The van der Waals surface area contributed by atoms with Crippen LogP contribution in [-0.4, -0.2) is 0 Å². The molecule has 1 radical (unpaired) electrons. The van der Waals surface area contributed by atoms with Crippen LogP contribution in [-0.2, 0) is 0 Å². The Morgan fingerprint density at radius 1 is 1.30 bits per heavy atom. The molecule has 0 heterocycles. The monoisotopic (exact) mass is 155 g/mol. The van der Waals surface area contributed by atoms with Gasteiger partial charge in [0.2, 0.25) is 0 Å². The lowest BCUT2D eigenvalue weighted by Gasteiger charge is -1.89. The third-order valence-electron chi connectivity index (χ3n) is 1.09. The van der Waals surface area contributed by atoms with Gasteiger partial charge in [-0.1, -0.05) is 23.7 Å². The number of hydrogen-bond acceptors (Lipinski definition) is 0. The highest BCUT2D eigenvalue weighted by molar-refractivity contribution is 6.30. The van der Waals surface area contributed by atoms with E-state index in [-0.39, 0.29) is 0 Å². The Balaban J connectivity index is 2.89. The minimum Gasteiger partial charge on any atom is -0.204 e. The first-order valence-corrected chi connectivity index (χ1v) is 3.15. The molecule has 10 heavy (non-hydrogen) atoms. The molecule has 0 bridgehead atoms. The van der Waals surface area contributed by atoms with Crippen molar-refractivity contribution in [2.45, 2.75) is 0 Å². The van der Waals surface area contributed by atoms with Crippen LogP contribution in [0.5, 0.6) is 0 Å². The molecule has 0 aromatic heterocycles. The second-order valence-electron chi connectivity index (χ2n) is 1.80. The first-order chi connectivity index (χ1) is 4.83. The molecular formula is C8H5ClF. The van der Waals surface area contributed by atoms with E-state index in [1.165, 1.54) is 12.4 Å². The quantitative estimate of drug-likeness (QED) is 0.585. The van der Waals surface area contributed by atoms with E-state index in [9.17, 15) is 4.39 Å². The first kappa shape index (κ1) is 7.29. The normalized spacial score (nSPS) is 10.6. The van der Waals surface area contributed by atoms with E-state index >= 15 is 0 Å². The predicted molar refractivity (Wildman–Crippen MR) is 40.3 cm³/mol. The third-order valence-corrected chi connectivity index (χ3v) is 1.34. The summed E-state index contributed by atoms with van der Waals surface area (Å²) in [6.07, 6.45) is 2.68. The summed E-state index contributed by atoms with van der Waals surface area (Å²) in [5.74, 6) is 0. The number of benzene rings is 1. The third kappa shape index (κ3) is 1.85. The first-order valence-electron chi connectivity index (χ1n) is 2.78. The summed E-state index contributed by atoms with van der Waals surface area (Å²) in [7, 11) is 0. The van der Waals surface area contributed by atoms with Crippen LogP contribution in [0.2, 0.25) is 5.02 Å². The molecule has 1 rings (SSSR count). The summed E-state index contributed by atoms with van der Waals surface area (Å²) in [5.41, 5.74) is 0.756. The van der Waals surface area contributed by atoms with Crippen molar-refractivity contribution < 1.29 is 4.39 Å². The summed E-state index contributed by atoms with van der Waals surface area (Å²) >= 11 is 5.58. The van der Waals surface area contributed by atoms with Crippen LogP contribution in [0.1, 0.15) is 5.56 Å². The molecule has 0 unspecified atom stereocenters. The van der Waals surface area contributed by atoms with E-state index < -0.39 is 0 Å². The minimum atomic E-state index is 0.649. The number of hydrogen-bond donors (Lipinski definition) is 0. The predicted octanol–water partition coefficient (Wildman–Crippen LogP) is 3.08. The van der Waals surface area contributed by atoms with E-state index in [4.69, 9.17) is 11.6 Å². The van der Waals surface area contributed by atoms with Crippen molar-refractivity contribution in [1.82, 2.24) is 0 Å². The second kappa shape index (κ2) is 3.37. The van der Waals surface area contributed by atoms with Gasteiger partial charge in [0.15, 0.2) is 6.33 Å². The summed E-state index contributed by atoms with van der Waals surface area (Å²) in [4.78, 5) is 0. The fourth-order valence-electron chi connectivity index (χ4n) is 0.622. The SMILES string of the molecule is F/[C]=C\c1ccc(Cl)cc1. The van der Waals surface area contributed by atoms with Crippen LogP contribution < -0.4 is 0 Å². The Labute approximate surface area is 63.9 Å². The van der Waals surface area contributed by atoms with Crippen LogP contribution in [0, 0.1) is 6.33 Å². The second-order valence-corrected chi connectivity index (χ2v) is 2.24. The van der Waals surface area contributed by atoms with Gasteiger partial charge in [-0.25, -0.2) is 4.39 Å². The molecule has 51 valence electrons. The van der Waals surface area contributed by atoms with Gasteiger partial charge in [0, 0.05) is 5.02 Å². The lowest BCUT2D eigenvalue weighted by atomic mass is 10.2. The molecule has 0 amide bonds. The van der Waals surface area contributed by atoms with Gasteiger partial charge < -0.3 is 0 Å². The van der Waals surface area contributed by atoms with E-state index in [0.717, 1.165) is 5.56 Å². The maximum Gasteiger partial charge on any atom is 0.159 e. The molecule has 0 atom stereocenters. The van der Waals surface area contributed by atoms with Gasteiger partial charge in [0.05, 0.1) is 0 Å². The van der Waals surface area contributed by atoms with E-state index in [1.807, 2.05) is 0 Å². The van der Waals surface area contributed by atoms with Crippen LogP contribution in [0.3, 0.4) is 0 Å². The Morgan fingerprint density at radius 2 is 1.90 bits per heavy atom. The maximum atomic E-state index is 11.4. The van der Waals surface area contributed by atoms with Gasteiger partial charge in [0.1, 0.15) is 0 Å². The highest BCUT2D eigenvalue weighted by Crippen LogP contribution is 2.10. The maximum absolute atomic E-state index is 11.4. The van der Waals surface area contributed by atoms with Crippen molar-refractivity contribution in [1.29, 1.82) is 0 Å². The van der Waals surface area contributed by atoms with Crippen molar-refractivity contribution in [2.24, 2.45) is 0 Å². The van der Waals surface area contributed by atoms with Gasteiger partial charge >= 0.3 is 0 Å². The molecule has 0 saturated heterocycles. The van der Waals surface area contributed by atoms with E-state index in [1.54, 1.807) is 24.3 Å². The fourth-order valence-corrected chi connectivity index (χ4v) is 0.748. The van der Waals surface area contributed by atoms with Gasteiger partial charge in [-0.05, 0) is 23.8 Å². The molecule has 0 aliphatic rings. The average molecular weight is 156 g/mol. The highest BCUT2D eigenvalue weighted by Gasteiger charge is 1.86. The molecule has 2 heteroatoms. The van der Waals surface area contributed by atoms with Crippen molar-refractivity contribution in [3.05, 3.63) is 41.2 Å². The van der Waals surface area contributed by atoms with Crippen molar-refractivity contribution in [3.63, 3.8) is 0 Å². The minimum absolute atomic E-state index is 0.649. The largest absolute Gasteiger partial charge is 0.204 e. The summed E-state index contributed by atoms with van der Waals surface area (Å²) < 4.78 is 11.4. The topological polar surface area (TPSA) is 0 Å². The molecule has 0 aliphatic carbocycles. The molecule has 0 spiro atoms. The Kier molecular flexibility index (Phi) is 2.46. The van der Waals surface area contributed by atoms with Crippen molar-refractivity contribution in [2.75, 3.05) is 0 Å². The highest BCUT2D eigenvalue weighted by atomic mass is 35.5. The summed E-state index contributed by atoms with van der Waals surface area (Å²) in [5, 5.41) is 0.649.